The van der Waals surface area contributed by atoms with Crippen molar-refractivity contribution >= 4 is 28.4 Å². The Balaban J connectivity index is 1.22. The highest BCUT2D eigenvalue weighted by atomic mass is 19.4. The van der Waals surface area contributed by atoms with Crippen LogP contribution in [-0.2, 0) is 11.0 Å². The van der Waals surface area contributed by atoms with Crippen LogP contribution in [0.5, 0.6) is 0 Å². The molecule has 38 heavy (non-hydrogen) atoms. The monoisotopic (exact) mass is 524 g/mol. The highest BCUT2D eigenvalue weighted by molar-refractivity contribution is 5.96. The number of para-hydroxylation sites is 1. The van der Waals surface area contributed by atoms with Gasteiger partial charge >= 0.3 is 6.18 Å². The normalized spacial score (nSPS) is 18.5. The fourth-order valence-electron chi connectivity index (χ4n) is 5.20. The van der Waals surface area contributed by atoms with Gasteiger partial charge in [0.15, 0.2) is 0 Å². The molecular formula is C29H31F3N4O2. The summed E-state index contributed by atoms with van der Waals surface area (Å²) in [5.41, 5.74) is 1.82. The summed E-state index contributed by atoms with van der Waals surface area (Å²) >= 11 is 0. The molecule has 0 radical (unpaired) electrons. The van der Waals surface area contributed by atoms with Crippen LogP contribution in [0.25, 0.3) is 10.9 Å². The van der Waals surface area contributed by atoms with Crippen LogP contribution < -0.4 is 10.6 Å². The standard InChI is InChI=1S/C29H31F3N4O2/c1-18(36-27(37)17-35-28(38)21-5-4-6-22(16-21)29(30,31)32)15-25(33)20-11-9-19(10-12-20)23-13-14-34-26-8-3-2-7-24(23)26/h2-8,13-14,16,18-20,33H,9-12,15,17H2,1H3,(H,35,38)(H,36,37)/t18-,19?,20?/m1/s1. The number of nitrogens with one attached hydrogen (secondary N) is 3. The topological polar surface area (TPSA) is 94.9 Å². The predicted octanol–water partition coefficient (Wildman–Crippen LogP) is 5.87. The Hall–Kier alpha value is -3.75. The number of aromatic nitrogens is 1. The van der Waals surface area contributed by atoms with Crippen molar-refractivity contribution in [1.82, 2.24) is 15.6 Å². The van der Waals surface area contributed by atoms with Crippen molar-refractivity contribution in [1.29, 1.82) is 5.41 Å². The molecule has 200 valence electrons. The van der Waals surface area contributed by atoms with E-state index in [1.165, 1.54) is 17.0 Å². The van der Waals surface area contributed by atoms with Gasteiger partial charge in [-0.2, -0.15) is 13.2 Å². The number of nitrogens with zero attached hydrogens (tertiary/aromatic N) is 1. The van der Waals surface area contributed by atoms with E-state index >= 15 is 0 Å². The van der Waals surface area contributed by atoms with E-state index in [2.05, 4.69) is 27.8 Å². The lowest BCUT2D eigenvalue weighted by Gasteiger charge is -2.30. The van der Waals surface area contributed by atoms with Crippen LogP contribution in [0.2, 0.25) is 0 Å². The maximum atomic E-state index is 12.9. The number of halogens is 3. The molecule has 2 aromatic carbocycles. The Morgan fingerprint density at radius 2 is 1.79 bits per heavy atom. The van der Waals surface area contributed by atoms with Gasteiger partial charge in [0.05, 0.1) is 17.6 Å². The van der Waals surface area contributed by atoms with Crippen molar-refractivity contribution in [2.75, 3.05) is 6.54 Å². The maximum Gasteiger partial charge on any atom is 0.416 e. The lowest BCUT2D eigenvalue weighted by Crippen LogP contribution is -2.42. The van der Waals surface area contributed by atoms with E-state index in [0.717, 1.165) is 49.4 Å². The third-order valence-corrected chi connectivity index (χ3v) is 7.14. The number of carbonyl (C=O) groups excluding carboxylic acids is 2. The van der Waals surface area contributed by atoms with Crippen LogP contribution in [-0.4, -0.2) is 35.1 Å². The summed E-state index contributed by atoms with van der Waals surface area (Å²) in [5, 5.41) is 14.9. The van der Waals surface area contributed by atoms with Crippen LogP contribution in [0.4, 0.5) is 13.2 Å². The minimum atomic E-state index is -4.56. The Morgan fingerprint density at radius 3 is 2.53 bits per heavy atom. The second-order valence-corrected chi connectivity index (χ2v) is 9.93. The molecule has 1 fully saturated rings. The molecule has 1 saturated carbocycles. The molecule has 0 bridgehead atoms. The predicted molar refractivity (Wildman–Crippen MR) is 140 cm³/mol. The molecule has 1 aromatic heterocycles. The van der Waals surface area contributed by atoms with Gasteiger partial charge in [-0.3, -0.25) is 14.6 Å². The fourth-order valence-corrected chi connectivity index (χ4v) is 5.20. The number of hydrogen-bond donors (Lipinski definition) is 3. The lowest BCUT2D eigenvalue weighted by atomic mass is 9.75. The van der Waals surface area contributed by atoms with E-state index in [0.29, 0.717) is 18.1 Å². The van der Waals surface area contributed by atoms with E-state index in [1.807, 2.05) is 24.4 Å². The number of fused-ring (bicyclic) bond motifs is 1. The number of pyridine rings is 1. The van der Waals surface area contributed by atoms with Gasteiger partial charge in [0, 0.05) is 35.3 Å². The number of rotatable bonds is 8. The highest BCUT2D eigenvalue weighted by Gasteiger charge is 2.31. The summed E-state index contributed by atoms with van der Waals surface area (Å²) in [6.45, 7) is 1.44. The molecule has 2 amide bonds. The SMILES string of the molecule is C[C@H](CC(=N)C1CCC(c2ccnc3ccccc23)CC1)NC(=O)CNC(=O)c1cccc(C(F)(F)F)c1. The molecule has 0 unspecified atom stereocenters. The molecule has 1 aliphatic carbocycles. The van der Waals surface area contributed by atoms with Gasteiger partial charge in [-0.1, -0.05) is 24.3 Å². The fraction of sp³-hybridized carbons (Fsp3) is 0.379. The highest BCUT2D eigenvalue weighted by Crippen LogP contribution is 2.39. The van der Waals surface area contributed by atoms with Gasteiger partial charge in [0.25, 0.3) is 5.91 Å². The number of hydrogen-bond acceptors (Lipinski definition) is 4. The Labute approximate surface area is 219 Å². The van der Waals surface area contributed by atoms with Crippen LogP contribution >= 0.6 is 0 Å². The zero-order valence-electron chi connectivity index (χ0n) is 21.1. The zero-order chi connectivity index (χ0) is 27.3. The molecule has 6 nitrogen and oxygen atoms in total. The minimum Gasteiger partial charge on any atom is -0.352 e. The van der Waals surface area contributed by atoms with Gasteiger partial charge in [-0.15, -0.1) is 0 Å². The van der Waals surface area contributed by atoms with Crippen molar-refractivity contribution in [3.8, 4) is 0 Å². The second kappa shape index (κ2) is 11.8. The molecule has 0 aliphatic heterocycles. The van der Waals surface area contributed by atoms with Crippen LogP contribution in [0.15, 0.2) is 60.8 Å². The van der Waals surface area contributed by atoms with Crippen LogP contribution in [0, 0.1) is 11.3 Å². The first kappa shape index (κ1) is 27.3. The number of amides is 2. The van der Waals surface area contributed by atoms with Crippen molar-refractivity contribution in [2.24, 2.45) is 5.92 Å². The van der Waals surface area contributed by atoms with Crippen molar-refractivity contribution < 1.29 is 22.8 Å². The van der Waals surface area contributed by atoms with E-state index < -0.39 is 23.6 Å². The molecule has 0 saturated heterocycles. The largest absolute Gasteiger partial charge is 0.416 e. The van der Waals surface area contributed by atoms with E-state index in [4.69, 9.17) is 5.41 Å². The molecule has 0 spiro atoms. The van der Waals surface area contributed by atoms with Gasteiger partial charge in [0.1, 0.15) is 0 Å². The minimum absolute atomic E-state index is 0.166. The molecule has 9 heteroatoms. The van der Waals surface area contributed by atoms with Crippen molar-refractivity contribution in [3.05, 3.63) is 77.5 Å². The first-order valence-corrected chi connectivity index (χ1v) is 12.8. The summed E-state index contributed by atoms with van der Waals surface area (Å²) in [6, 6.07) is 14.0. The number of carbonyl (C=O) groups is 2. The molecule has 1 heterocycles. The summed E-state index contributed by atoms with van der Waals surface area (Å²) in [4.78, 5) is 29.0. The first-order chi connectivity index (χ1) is 18.1. The third kappa shape index (κ3) is 6.76. The summed E-state index contributed by atoms with van der Waals surface area (Å²) < 4.78 is 38.6. The van der Waals surface area contributed by atoms with Crippen LogP contribution in [0.1, 0.15) is 66.4 Å². The van der Waals surface area contributed by atoms with Gasteiger partial charge in [0.2, 0.25) is 5.91 Å². The van der Waals surface area contributed by atoms with E-state index in [9.17, 15) is 22.8 Å². The Kier molecular flexibility index (Phi) is 8.44. The van der Waals surface area contributed by atoms with Crippen molar-refractivity contribution in [2.45, 2.75) is 57.2 Å². The summed E-state index contributed by atoms with van der Waals surface area (Å²) in [7, 11) is 0. The van der Waals surface area contributed by atoms with Crippen LogP contribution in [0.3, 0.4) is 0 Å². The van der Waals surface area contributed by atoms with Crippen molar-refractivity contribution in [3.63, 3.8) is 0 Å². The zero-order valence-corrected chi connectivity index (χ0v) is 21.1. The Bertz CT molecular complexity index is 1310. The van der Waals surface area contributed by atoms with E-state index in [1.54, 1.807) is 6.92 Å². The molecule has 3 aromatic rings. The molecule has 1 atom stereocenters. The molecule has 4 rings (SSSR count). The molecule has 3 N–H and O–H groups in total. The molecular weight excluding hydrogens is 493 g/mol. The second-order valence-electron chi connectivity index (χ2n) is 9.93. The lowest BCUT2D eigenvalue weighted by molar-refractivity contribution is -0.137. The van der Waals surface area contributed by atoms with Gasteiger partial charge in [-0.25, -0.2) is 0 Å². The van der Waals surface area contributed by atoms with Gasteiger partial charge < -0.3 is 16.0 Å². The third-order valence-electron chi connectivity index (χ3n) is 7.14. The first-order valence-electron chi connectivity index (χ1n) is 12.8. The number of alkyl halides is 3. The van der Waals surface area contributed by atoms with E-state index in [-0.39, 0.29) is 24.1 Å². The average Bonchev–Trinajstić information content (AvgIpc) is 2.91. The smallest absolute Gasteiger partial charge is 0.352 e. The maximum absolute atomic E-state index is 12.9. The summed E-state index contributed by atoms with van der Waals surface area (Å²) in [6.07, 6.45) is 1.51. The average molecular weight is 525 g/mol. The summed E-state index contributed by atoms with van der Waals surface area (Å²) in [5.74, 6) is -0.617. The Morgan fingerprint density at radius 1 is 1.05 bits per heavy atom. The quantitative estimate of drug-likeness (QED) is 0.322. The molecule has 1 aliphatic rings. The van der Waals surface area contributed by atoms with Gasteiger partial charge in [-0.05, 0) is 80.3 Å². The number of benzene rings is 2.